The number of methoxy groups -OCH3 is 2. The van der Waals surface area contributed by atoms with Crippen LogP contribution in [-0.4, -0.2) is 62.3 Å². The van der Waals surface area contributed by atoms with Crippen molar-refractivity contribution in [3.8, 4) is 22.9 Å². The van der Waals surface area contributed by atoms with Crippen LogP contribution in [-0.2, 0) is 0 Å². The summed E-state index contributed by atoms with van der Waals surface area (Å²) >= 11 is 0. The fourth-order valence-corrected chi connectivity index (χ4v) is 3.38. The molecule has 0 aliphatic carbocycles. The number of aromatic amines is 1. The topological polar surface area (TPSA) is 53.6 Å². The first-order chi connectivity index (χ1) is 12.7. The Morgan fingerprint density at radius 2 is 1.69 bits per heavy atom. The first kappa shape index (κ1) is 16.7. The monoisotopic (exact) mass is 352 g/mol. The van der Waals surface area contributed by atoms with E-state index in [0.29, 0.717) is 11.5 Å². The molecule has 6 nitrogen and oxygen atoms in total. The number of aromatic nitrogens is 2. The van der Waals surface area contributed by atoms with Gasteiger partial charge in [-0.05, 0) is 43.4 Å². The van der Waals surface area contributed by atoms with Crippen LogP contribution in [0, 0.1) is 0 Å². The minimum absolute atomic E-state index is 0.698. The van der Waals surface area contributed by atoms with Crippen molar-refractivity contribution >= 4 is 16.7 Å². The third-order valence-corrected chi connectivity index (χ3v) is 4.99. The number of piperazine rings is 1. The summed E-state index contributed by atoms with van der Waals surface area (Å²) in [4.78, 5) is 13.0. The Morgan fingerprint density at radius 3 is 2.42 bits per heavy atom. The van der Waals surface area contributed by atoms with Crippen LogP contribution in [0.2, 0.25) is 0 Å². The number of benzene rings is 2. The standard InChI is InChI=1S/C20H24N4O2/c1-23-8-10-24(11-9-23)15-5-6-16-17(13-15)22-20(21-16)14-4-7-18(25-2)19(12-14)26-3/h4-7,12-13H,8-11H2,1-3H3,(H,21,22). The van der Waals surface area contributed by atoms with E-state index >= 15 is 0 Å². The molecule has 0 bridgehead atoms. The van der Waals surface area contributed by atoms with Crippen LogP contribution in [0.3, 0.4) is 0 Å². The molecule has 3 aromatic rings. The lowest BCUT2D eigenvalue weighted by molar-refractivity contribution is 0.313. The highest BCUT2D eigenvalue weighted by molar-refractivity contribution is 5.83. The van der Waals surface area contributed by atoms with Crippen molar-refractivity contribution in [3.05, 3.63) is 36.4 Å². The Bertz CT molecular complexity index is 913. The summed E-state index contributed by atoms with van der Waals surface area (Å²) in [6.45, 7) is 4.30. The summed E-state index contributed by atoms with van der Waals surface area (Å²) in [5, 5.41) is 0. The Balaban J connectivity index is 1.65. The number of rotatable bonds is 4. The van der Waals surface area contributed by atoms with E-state index in [0.717, 1.165) is 48.6 Å². The van der Waals surface area contributed by atoms with Crippen LogP contribution in [0.1, 0.15) is 0 Å². The summed E-state index contributed by atoms with van der Waals surface area (Å²) in [7, 11) is 5.45. The molecule has 2 heterocycles. The van der Waals surface area contributed by atoms with Crippen molar-refractivity contribution in [3.63, 3.8) is 0 Å². The second-order valence-electron chi connectivity index (χ2n) is 6.65. The lowest BCUT2D eigenvalue weighted by atomic mass is 10.2. The van der Waals surface area contributed by atoms with Crippen LogP contribution in [0.15, 0.2) is 36.4 Å². The third kappa shape index (κ3) is 3.08. The predicted octanol–water partition coefficient (Wildman–Crippen LogP) is 3.00. The van der Waals surface area contributed by atoms with Gasteiger partial charge in [0.25, 0.3) is 0 Å². The van der Waals surface area contributed by atoms with Crippen molar-refractivity contribution in [2.45, 2.75) is 0 Å². The number of hydrogen-bond acceptors (Lipinski definition) is 5. The van der Waals surface area contributed by atoms with Crippen LogP contribution in [0.25, 0.3) is 22.4 Å². The quantitative estimate of drug-likeness (QED) is 0.782. The Hall–Kier alpha value is -2.73. The Labute approximate surface area is 153 Å². The van der Waals surface area contributed by atoms with Gasteiger partial charge in [0.1, 0.15) is 5.82 Å². The number of nitrogens with zero attached hydrogens (tertiary/aromatic N) is 3. The van der Waals surface area contributed by atoms with Gasteiger partial charge in [-0.25, -0.2) is 4.98 Å². The average molecular weight is 352 g/mol. The molecular weight excluding hydrogens is 328 g/mol. The normalized spacial score (nSPS) is 15.4. The Kier molecular flexibility index (Phi) is 4.42. The highest BCUT2D eigenvalue weighted by Gasteiger charge is 2.16. The van der Waals surface area contributed by atoms with Crippen molar-refractivity contribution in [2.75, 3.05) is 52.3 Å². The van der Waals surface area contributed by atoms with E-state index in [2.05, 4.69) is 40.0 Å². The van der Waals surface area contributed by atoms with Crippen LogP contribution >= 0.6 is 0 Å². The molecule has 6 heteroatoms. The molecule has 0 amide bonds. The number of H-pyrrole nitrogens is 1. The van der Waals surface area contributed by atoms with E-state index in [1.807, 2.05) is 18.2 Å². The van der Waals surface area contributed by atoms with Gasteiger partial charge in [-0.15, -0.1) is 0 Å². The van der Waals surface area contributed by atoms with Crippen molar-refractivity contribution in [2.24, 2.45) is 0 Å². The first-order valence-electron chi connectivity index (χ1n) is 8.83. The fourth-order valence-electron chi connectivity index (χ4n) is 3.38. The maximum atomic E-state index is 5.40. The molecule has 0 spiro atoms. The fraction of sp³-hybridized carbons (Fsp3) is 0.350. The van der Waals surface area contributed by atoms with E-state index < -0.39 is 0 Å². The molecule has 0 radical (unpaired) electrons. The van der Waals surface area contributed by atoms with Crippen molar-refractivity contribution < 1.29 is 9.47 Å². The molecule has 26 heavy (non-hydrogen) atoms. The summed E-state index contributed by atoms with van der Waals surface area (Å²) in [6.07, 6.45) is 0. The maximum absolute atomic E-state index is 5.40. The van der Waals surface area contributed by atoms with Crippen molar-refractivity contribution in [1.29, 1.82) is 0 Å². The van der Waals surface area contributed by atoms with Gasteiger partial charge in [0.15, 0.2) is 11.5 Å². The first-order valence-corrected chi connectivity index (χ1v) is 8.83. The highest BCUT2D eigenvalue weighted by atomic mass is 16.5. The zero-order valence-corrected chi connectivity index (χ0v) is 15.5. The molecule has 1 aliphatic rings. The van der Waals surface area contributed by atoms with E-state index in [9.17, 15) is 0 Å². The molecule has 0 unspecified atom stereocenters. The molecule has 1 fully saturated rings. The molecule has 1 N–H and O–H groups in total. The SMILES string of the molecule is COc1ccc(-c2nc3ccc(N4CCN(C)CC4)cc3[nH]2)cc1OC. The lowest BCUT2D eigenvalue weighted by Gasteiger charge is -2.34. The van der Waals surface area contributed by atoms with Gasteiger partial charge in [0.05, 0.1) is 25.3 Å². The number of imidazole rings is 1. The second kappa shape index (κ2) is 6.88. The molecular formula is C20H24N4O2. The smallest absolute Gasteiger partial charge is 0.161 e. The number of likely N-dealkylation sites (N-methyl/N-ethyl adjacent to an activating group) is 1. The summed E-state index contributed by atoms with van der Waals surface area (Å²) in [5.41, 5.74) is 4.23. The molecule has 1 saturated heterocycles. The minimum Gasteiger partial charge on any atom is -0.493 e. The van der Waals surface area contributed by atoms with Crippen LogP contribution in [0.5, 0.6) is 11.5 Å². The molecule has 2 aromatic carbocycles. The lowest BCUT2D eigenvalue weighted by Crippen LogP contribution is -2.44. The van der Waals surface area contributed by atoms with E-state index in [1.165, 1.54) is 5.69 Å². The molecule has 4 rings (SSSR count). The third-order valence-electron chi connectivity index (χ3n) is 4.99. The van der Waals surface area contributed by atoms with Gasteiger partial charge in [0.2, 0.25) is 0 Å². The molecule has 136 valence electrons. The highest BCUT2D eigenvalue weighted by Crippen LogP contribution is 2.32. The average Bonchev–Trinajstić information content (AvgIpc) is 3.11. The molecule has 1 aliphatic heterocycles. The molecule has 0 atom stereocenters. The van der Waals surface area contributed by atoms with Crippen molar-refractivity contribution in [1.82, 2.24) is 14.9 Å². The molecule has 0 saturated carbocycles. The zero-order valence-electron chi connectivity index (χ0n) is 15.5. The summed E-state index contributed by atoms with van der Waals surface area (Å²) < 4.78 is 10.7. The van der Waals surface area contributed by atoms with E-state index in [4.69, 9.17) is 14.5 Å². The van der Waals surface area contributed by atoms with Gasteiger partial charge in [-0.3, -0.25) is 0 Å². The maximum Gasteiger partial charge on any atom is 0.161 e. The second-order valence-corrected chi connectivity index (χ2v) is 6.65. The minimum atomic E-state index is 0.698. The number of fused-ring (bicyclic) bond motifs is 1. The zero-order chi connectivity index (χ0) is 18.1. The summed E-state index contributed by atoms with van der Waals surface area (Å²) in [5.74, 6) is 2.24. The number of nitrogens with one attached hydrogen (secondary N) is 1. The van der Waals surface area contributed by atoms with E-state index in [1.54, 1.807) is 14.2 Å². The van der Waals surface area contributed by atoms with Gasteiger partial charge in [0, 0.05) is 37.4 Å². The summed E-state index contributed by atoms with van der Waals surface area (Å²) in [6, 6.07) is 12.3. The van der Waals surface area contributed by atoms with Gasteiger partial charge in [-0.1, -0.05) is 0 Å². The number of hydrogen-bond donors (Lipinski definition) is 1. The largest absolute Gasteiger partial charge is 0.493 e. The van der Waals surface area contributed by atoms with E-state index in [-0.39, 0.29) is 0 Å². The van der Waals surface area contributed by atoms with Crippen LogP contribution in [0.4, 0.5) is 5.69 Å². The molecule has 1 aromatic heterocycles. The van der Waals surface area contributed by atoms with Crippen LogP contribution < -0.4 is 14.4 Å². The predicted molar refractivity (Wildman–Crippen MR) is 104 cm³/mol. The Morgan fingerprint density at radius 1 is 0.923 bits per heavy atom. The number of ether oxygens (including phenoxy) is 2. The number of anilines is 1. The van der Waals surface area contributed by atoms with Gasteiger partial charge < -0.3 is 24.3 Å². The van der Waals surface area contributed by atoms with Gasteiger partial charge in [-0.2, -0.15) is 0 Å². The van der Waals surface area contributed by atoms with Gasteiger partial charge >= 0.3 is 0 Å².